The molecular weight excluding hydrogens is 364 g/mol. The van der Waals surface area contributed by atoms with Crippen LogP contribution in [0.5, 0.6) is 11.5 Å². The fourth-order valence-corrected chi connectivity index (χ4v) is 3.65. The second-order valence-corrected chi connectivity index (χ2v) is 6.95. The molecule has 0 aliphatic carbocycles. The molecule has 1 aliphatic heterocycles. The van der Waals surface area contributed by atoms with Gasteiger partial charge in [0.15, 0.2) is 11.5 Å². The standard InChI is InChI=1S/C21H27ClN2O3/c1-25-11-12-27-20-8-7-16(13-21(20)26-2)15-24-10-9-23-14-19(24)17-5-3-4-6-18(17)22/h3-8,13,19,23H,9-12,14-15H2,1-2H3. The zero-order valence-electron chi connectivity index (χ0n) is 15.9. The topological polar surface area (TPSA) is 43.0 Å². The zero-order valence-corrected chi connectivity index (χ0v) is 16.7. The van der Waals surface area contributed by atoms with Crippen LogP contribution < -0.4 is 14.8 Å². The van der Waals surface area contributed by atoms with E-state index in [1.54, 1.807) is 14.2 Å². The zero-order chi connectivity index (χ0) is 19.1. The number of benzene rings is 2. The van der Waals surface area contributed by atoms with Crippen LogP contribution in [-0.2, 0) is 11.3 Å². The van der Waals surface area contributed by atoms with Crippen LogP contribution in [0, 0.1) is 0 Å². The summed E-state index contributed by atoms with van der Waals surface area (Å²) in [4.78, 5) is 2.46. The smallest absolute Gasteiger partial charge is 0.161 e. The number of hydrogen-bond acceptors (Lipinski definition) is 5. The van der Waals surface area contributed by atoms with E-state index in [9.17, 15) is 0 Å². The van der Waals surface area contributed by atoms with Crippen molar-refractivity contribution < 1.29 is 14.2 Å². The van der Waals surface area contributed by atoms with E-state index in [2.05, 4.69) is 22.3 Å². The van der Waals surface area contributed by atoms with E-state index in [0.717, 1.165) is 48.3 Å². The molecule has 2 aromatic rings. The van der Waals surface area contributed by atoms with Crippen molar-refractivity contribution in [3.63, 3.8) is 0 Å². The summed E-state index contributed by atoms with van der Waals surface area (Å²) in [6, 6.07) is 14.4. The molecule has 0 amide bonds. The second-order valence-electron chi connectivity index (χ2n) is 6.54. The van der Waals surface area contributed by atoms with Crippen LogP contribution in [0.15, 0.2) is 42.5 Å². The van der Waals surface area contributed by atoms with E-state index in [1.165, 1.54) is 5.56 Å². The Bertz CT molecular complexity index is 741. The molecule has 1 N–H and O–H groups in total. The summed E-state index contributed by atoms with van der Waals surface area (Å²) >= 11 is 6.45. The Morgan fingerprint density at radius 1 is 1.11 bits per heavy atom. The van der Waals surface area contributed by atoms with Crippen LogP contribution in [0.4, 0.5) is 0 Å². The number of rotatable bonds is 8. The fraction of sp³-hybridized carbons (Fsp3) is 0.429. The molecule has 0 radical (unpaired) electrons. The highest BCUT2D eigenvalue weighted by molar-refractivity contribution is 6.31. The van der Waals surface area contributed by atoms with Crippen molar-refractivity contribution in [2.45, 2.75) is 12.6 Å². The Morgan fingerprint density at radius 3 is 2.74 bits per heavy atom. The van der Waals surface area contributed by atoms with Gasteiger partial charge in [-0.3, -0.25) is 4.90 Å². The van der Waals surface area contributed by atoms with Gasteiger partial charge >= 0.3 is 0 Å². The first-order chi connectivity index (χ1) is 13.2. The molecule has 0 bridgehead atoms. The number of methoxy groups -OCH3 is 2. The van der Waals surface area contributed by atoms with Crippen molar-refractivity contribution in [3.05, 3.63) is 58.6 Å². The first kappa shape index (κ1) is 20.0. The molecule has 1 atom stereocenters. The molecule has 1 unspecified atom stereocenters. The lowest BCUT2D eigenvalue weighted by molar-refractivity contribution is 0.143. The fourth-order valence-electron chi connectivity index (χ4n) is 3.39. The highest BCUT2D eigenvalue weighted by Crippen LogP contribution is 2.32. The molecule has 0 aromatic heterocycles. The summed E-state index contributed by atoms with van der Waals surface area (Å²) in [7, 11) is 3.33. The van der Waals surface area contributed by atoms with Crippen molar-refractivity contribution in [1.29, 1.82) is 0 Å². The summed E-state index contributed by atoms with van der Waals surface area (Å²) in [5, 5.41) is 4.30. The first-order valence-electron chi connectivity index (χ1n) is 9.20. The maximum Gasteiger partial charge on any atom is 0.161 e. The largest absolute Gasteiger partial charge is 0.493 e. The van der Waals surface area contributed by atoms with Crippen LogP contribution in [0.3, 0.4) is 0 Å². The minimum atomic E-state index is 0.246. The number of halogens is 1. The predicted molar refractivity (Wildman–Crippen MR) is 108 cm³/mol. The molecule has 1 fully saturated rings. The summed E-state index contributed by atoms with van der Waals surface area (Å²) in [6.07, 6.45) is 0. The summed E-state index contributed by atoms with van der Waals surface area (Å²) in [5.74, 6) is 1.48. The SMILES string of the molecule is COCCOc1ccc(CN2CCNCC2c2ccccc2Cl)cc1OC. The van der Waals surface area contributed by atoms with Gasteiger partial charge in [0.1, 0.15) is 6.61 Å². The third kappa shape index (κ3) is 5.14. The first-order valence-corrected chi connectivity index (χ1v) is 9.58. The molecule has 1 saturated heterocycles. The quantitative estimate of drug-likeness (QED) is 0.698. The predicted octanol–water partition coefficient (Wildman–Crippen LogP) is 3.52. The number of nitrogens with zero attached hydrogens (tertiary/aromatic N) is 1. The minimum Gasteiger partial charge on any atom is -0.493 e. The molecule has 0 spiro atoms. The van der Waals surface area contributed by atoms with Gasteiger partial charge in [-0.15, -0.1) is 0 Å². The Morgan fingerprint density at radius 2 is 1.96 bits per heavy atom. The van der Waals surface area contributed by atoms with Gasteiger partial charge < -0.3 is 19.5 Å². The molecule has 146 valence electrons. The van der Waals surface area contributed by atoms with Gasteiger partial charge in [-0.1, -0.05) is 35.9 Å². The Balaban J connectivity index is 1.75. The second kappa shape index (κ2) is 9.95. The van der Waals surface area contributed by atoms with Gasteiger partial charge in [-0.2, -0.15) is 0 Å². The molecule has 5 nitrogen and oxygen atoms in total. The van der Waals surface area contributed by atoms with Crippen molar-refractivity contribution in [1.82, 2.24) is 10.2 Å². The average Bonchev–Trinajstić information content (AvgIpc) is 2.70. The maximum atomic E-state index is 6.45. The van der Waals surface area contributed by atoms with Gasteiger partial charge in [0.25, 0.3) is 0 Å². The van der Waals surface area contributed by atoms with Gasteiger partial charge in [0, 0.05) is 44.4 Å². The monoisotopic (exact) mass is 390 g/mol. The van der Waals surface area contributed by atoms with Gasteiger partial charge in [0.05, 0.1) is 13.7 Å². The van der Waals surface area contributed by atoms with E-state index >= 15 is 0 Å². The van der Waals surface area contributed by atoms with Crippen LogP contribution in [0.2, 0.25) is 5.02 Å². The highest BCUT2D eigenvalue weighted by atomic mass is 35.5. The summed E-state index contributed by atoms with van der Waals surface area (Å²) < 4.78 is 16.3. The maximum absolute atomic E-state index is 6.45. The van der Waals surface area contributed by atoms with Crippen molar-refractivity contribution in [3.8, 4) is 11.5 Å². The average molecular weight is 391 g/mol. The number of nitrogens with one attached hydrogen (secondary N) is 1. The number of piperazine rings is 1. The van der Waals surface area contributed by atoms with E-state index < -0.39 is 0 Å². The molecule has 0 saturated carbocycles. The van der Waals surface area contributed by atoms with Crippen molar-refractivity contribution >= 4 is 11.6 Å². The summed E-state index contributed by atoms with van der Waals surface area (Å²) in [6.45, 7) is 4.69. The molecule has 6 heteroatoms. The van der Waals surface area contributed by atoms with Crippen LogP contribution >= 0.6 is 11.6 Å². The van der Waals surface area contributed by atoms with Crippen LogP contribution in [-0.4, -0.2) is 52.0 Å². The Kier molecular flexibility index (Phi) is 7.35. The lowest BCUT2D eigenvalue weighted by Crippen LogP contribution is -2.45. The minimum absolute atomic E-state index is 0.246. The molecule has 2 aromatic carbocycles. The normalized spacial score (nSPS) is 17.7. The van der Waals surface area contributed by atoms with Crippen molar-refractivity contribution in [2.24, 2.45) is 0 Å². The lowest BCUT2D eigenvalue weighted by Gasteiger charge is -2.37. The van der Waals surface area contributed by atoms with Gasteiger partial charge in [-0.25, -0.2) is 0 Å². The van der Waals surface area contributed by atoms with E-state index in [0.29, 0.717) is 13.2 Å². The summed E-state index contributed by atoms with van der Waals surface area (Å²) in [5.41, 5.74) is 2.35. The number of hydrogen-bond donors (Lipinski definition) is 1. The molecule has 1 aliphatic rings. The molecular formula is C21H27ClN2O3. The van der Waals surface area contributed by atoms with Gasteiger partial charge in [0.2, 0.25) is 0 Å². The van der Waals surface area contributed by atoms with Crippen molar-refractivity contribution in [2.75, 3.05) is 47.1 Å². The van der Waals surface area contributed by atoms with Crippen LogP contribution in [0.25, 0.3) is 0 Å². The van der Waals surface area contributed by atoms with E-state index in [4.69, 9.17) is 25.8 Å². The highest BCUT2D eigenvalue weighted by Gasteiger charge is 2.25. The van der Waals surface area contributed by atoms with E-state index in [1.807, 2.05) is 30.3 Å². The number of ether oxygens (including phenoxy) is 3. The Labute approximate surface area is 166 Å². The molecule has 1 heterocycles. The third-order valence-electron chi connectivity index (χ3n) is 4.78. The third-order valence-corrected chi connectivity index (χ3v) is 5.12. The van der Waals surface area contributed by atoms with Gasteiger partial charge in [-0.05, 0) is 29.3 Å². The molecule has 27 heavy (non-hydrogen) atoms. The molecule has 3 rings (SSSR count). The van der Waals surface area contributed by atoms with E-state index in [-0.39, 0.29) is 6.04 Å². The Hall–Kier alpha value is -1.79. The lowest BCUT2D eigenvalue weighted by atomic mass is 10.0. The van der Waals surface area contributed by atoms with Crippen LogP contribution in [0.1, 0.15) is 17.2 Å².